The molecule has 4 rings (SSSR count). The average molecular weight is 692 g/mol. The lowest BCUT2D eigenvalue weighted by atomic mass is 10.0. The highest BCUT2D eigenvalue weighted by molar-refractivity contribution is 5.78. The molecule has 4 aromatic rings. The third-order valence-electron chi connectivity index (χ3n) is 7.05. The van der Waals surface area contributed by atoms with Crippen LogP contribution in [0, 0.1) is 0 Å². The van der Waals surface area contributed by atoms with Gasteiger partial charge in [0.05, 0.1) is 37.9 Å². The number of carboxylic acids is 2. The van der Waals surface area contributed by atoms with Crippen LogP contribution >= 0.6 is 0 Å². The normalized spacial score (nSPS) is 11.6. The van der Waals surface area contributed by atoms with Gasteiger partial charge in [-0.25, -0.2) is 0 Å². The minimum atomic E-state index is -0.781. The smallest absolute Gasteiger partial charge is 0.312 e. The lowest BCUT2D eigenvalue weighted by molar-refractivity contribution is -0.142. The number of carbonyl (C=O) groups is 4. The molecule has 3 N–H and O–H groups in total. The standard InChI is InChI=1S/2C10H12O2.2C9H10O2.C2H6.CH4O/c2*1-8(10(11)12-2)9-6-4-3-5-7-9;2*1-7(9(10)11)8-5-3-2-4-6-8;2*1-2/h2*3-8H,1-2H3;2*2-7H,1H3,(H,10,11);1-2H3;2H,1H3/t8-;;7-;;;/m0.0.../s1/i;;;;1+1;. The van der Waals surface area contributed by atoms with Crippen LogP contribution in [-0.4, -0.2) is 60.5 Å². The van der Waals surface area contributed by atoms with Crippen LogP contribution < -0.4 is 0 Å². The van der Waals surface area contributed by atoms with Gasteiger partial charge in [0.15, 0.2) is 0 Å². The van der Waals surface area contributed by atoms with Gasteiger partial charge in [-0.3, -0.25) is 19.2 Å². The van der Waals surface area contributed by atoms with Gasteiger partial charge in [0.2, 0.25) is 0 Å². The highest BCUT2D eigenvalue weighted by Crippen LogP contribution is 2.17. The first-order chi connectivity index (χ1) is 23.9. The van der Waals surface area contributed by atoms with E-state index in [1.807, 2.05) is 149 Å². The number of methoxy groups -OCH3 is 2. The second kappa shape index (κ2) is 28.7. The number of carboxylic acid groups (broad SMARTS) is 2. The van der Waals surface area contributed by atoms with Crippen molar-refractivity contribution in [2.24, 2.45) is 0 Å². The van der Waals surface area contributed by atoms with E-state index >= 15 is 0 Å². The highest BCUT2D eigenvalue weighted by Gasteiger charge is 2.15. The first-order valence-corrected chi connectivity index (χ1v) is 16.2. The molecule has 0 radical (unpaired) electrons. The van der Waals surface area contributed by atoms with Gasteiger partial charge in [-0.1, -0.05) is 135 Å². The van der Waals surface area contributed by atoms with Crippen molar-refractivity contribution in [2.75, 3.05) is 21.3 Å². The van der Waals surface area contributed by atoms with Gasteiger partial charge < -0.3 is 24.8 Å². The molecule has 0 saturated carbocycles. The van der Waals surface area contributed by atoms with E-state index in [-0.39, 0.29) is 23.8 Å². The second-order valence-corrected chi connectivity index (χ2v) is 10.3. The molecule has 0 aliphatic heterocycles. The Morgan fingerprint density at radius 2 is 0.600 bits per heavy atom. The maximum absolute atomic E-state index is 11.1. The largest absolute Gasteiger partial charge is 0.481 e. The van der Waals surface area contributed by atoms with Crippen LogP contribution in [0.3, 0.4) is 0 Å². The lowest BCUT2D eigenvalue weighted by Gasteiger charge is -2.08. The van der Waals surface area contributed by atoms with Crippen molar-refractivity contribution in [1.82, 2.24) is 0 Å². The van der Waals surface area contributed by atoms with E-state index in [0.717, 1.165) is 29.4 Å². The van der Waals surface area contributed by atoms with Crippen LogP contribution in [0.15, 0.2) is 121 Å². The number of aliphatic carboxylic acids is 2. The third kappa shape index (κ3) is 18.9. The monoisotopic (exact) mass is 691 g/mol. The van der Waals surface area contributed by atoms with Gasteiger partial charge >= 0.3 is 23.9 Å². The molecule has 2 unspecified atom stereocenters. The quantitative estimate of drug-likeness (QED) is 0.123. The Morgan fingerprint density at radius 1 is 0.420 bits per heavy atom. The molecule has 9 heteroatoms. The van der Waals surface area contributed by atoms with Crippen LogP contribution in [0.4, 0.5) is 0 Å². The first kappa shape index (κ1) is 46.8. The molecule has 0 aliphatic carbocycles. The predicted molar refractivity (Wildman–Crippen MR) is 198 cm³/mol. The number of carbonyl (C=O) groups excluding carboxylic acids is 2. The van der Waals surface area contributed by atoms with Crippen molar-refractivity contribution in [1.29, 1.82) is 0 Å². The molecule has 50 heavy (non-hydrogen) atoms. The highest BCUT2D eigenvalue weighted by atomic mass is 16.5. The summed E-state index contributed by atoms with van der Waals surface area (Å²) in [5, 5.41) is 24.3. The van der Waals surface area contributed by atoms with Crippen molar-refractivity contribution in [3.05, 3.63) is 144 Å². The summed E-state index contributed by atoms with van der Waals surface area (Å²) in [6.07, 6.45) is 0. The molecule has 4 atom stereocenters. The Bertz CT molecular complexity index is 1330. The molecular weight excluding hydrogens is 637 g/mol. The van der Waals surface area contributed by atoms with Crippen molar-refractivity contribution in [3.63, 3.8) is 0 Å². The van der Waals surface area contributed by atoms with Crippen LogP contribution in [0.1, 0.15) is 87.5 Å². The summed E-state index contributed by atoms with van der Waals surface area (Å²) >= 11 is 0. The Morgan fingerprint density at radius 3 is 0.760 bits per heavy atom. The van der Waals surface area contributed by atoms with Gasteiger partial charge in [-0.2, -0.15) is 0 Å². The summed E-state index contributed by atoms with van der Waals surface area (Å²) in [6, 6.07) is 37.6. The van der Waals surface area contributed by atoms with Gasteiger partial charge in [-0.05, 0) is 49.9 Å². The summed E-state index contributed by atoms with van der Waals surface area (Å²) in [7, 11) is 3.81. The third-order valence-corrected chi connectivity index (χ3v) is 7.05. The molecule has 0 aliphatic rings. The van der Waals surface area contributed by atoms with Crippen LogP contribution in [0.5, 0.6) is 0 Å². The van der Waals surface area contributed by atoms with Gasteiger partial charge in [0, 0.05) is 7.11 Å². The summed E-state index contributed by atoms with van der Waals surface area (Å²) < 4.78 is 9.25. The first-order valence-electron chi connectivity index (χ1n) is 16.2. The maximum atomic E-state index is 11.1. The number of hydrogen-bond donors (Lipinski definition) is 3. The van der Waals surface area contributed by atoms with Crippen molar-refractivity contribution in [3.8, 4) is 0 Å². The number of hydrogen-bond acceptors (Lipinski definition) is 7. The van der Waals surface area contributed by atoms with E-state index in [0.29, 0.717) is 0 Å². The number of benzene rings is 4. The lowest BCUT2D eigenvalue weighted by Crippen LogP contribution is -2.10. The SMILES string of the molecule is CC(C(=O)O)c1ccccc1.CO.COC(=O)C(C)c1ccccc1.COC(=O)[C@@H](C)c1ccccc1.C[13CH3].C[C@H](C(=O)O)c1ccccc1. The van der Waals surface area contributed by atoms with Crippen LogP contribution in [0.2, 0.25) is 0 Å². The Kier molecular flexibility index (Phi) is 26.9. The number of esters is 2. The van der Waals surface area contributed by atoms with Gasteiger partial charge in [-0.15, -0.1) is 0 Å². The number of ether oxygens (including phenoxy) is 2. The van der Waals surface area contributed by atoms with Crippen molar-refractivity contribution < 1.29 is 44.0 Å². The molecule has 9 nitrogen and oxygen atoms in total. The number of aliphatic hydroxyl groups is 1. The summed E-state index contributed by atoms with van der Waals surface area (Å²) in [4.78, 5) is 43.2. The molecule has 0 amide bonds. The van der Waals surface area contributed by atoms with E-state index in [2.05, 4.69) is 9.47 Å². The maximum Gasteiger partial charge on any atom is 0.312 e. The van der Waals surface area contributed by atoms with Crippen molar-refractivity contribution in [2.45, 2.75) is 65.2 Å². The second-order valence-electron chi connectivity index (χ2n) is 10.3. The fourth-order valence-corrected chi connectivity index (χ4v) is 3.88. The Labute approximate surface area is 297 Å². The van der Waals surface area contributed by atoms with E-state index in [4.69, 9.17) is 15.3 Å². The zero-order valence-corrected chi connectivity index (χ0v) is 30.6. The number of aliphatic hydroxyl groups excluding tert-OH is 1. The van der Waals surface area contributed by atoms with Gasteiger partial charge in [0.1, 0.15) is 0 Å². The summed E-state index contributed by atoms with van der Waals surface area (Å²) in [5.74, 6) is -3.10. The molecule has 272 valence electrons. The topological polar surface area (TPSA) is 147 Å². The van der Waals surface area contributed by atoms with Crippen molar-refractivity contribution >= 4 is 23.9 Å². The molecule has 0 aromatic heterocycles. The van der Waals surface area contributed by atoms with Crippen LogP contribution in [0.25, 0.3) is 0 Å². The van der Waals surface area contributed by atoms with E-state index in [1.54, 1.807) is 13.8 Å². The van der Waals surface area contributed by atoms with E-state index in [1.165, 1.54) is 14.2 Å². The minimum absolute atomic E-state index is 0.170. The fourth-order valence-electron chi connectivity index (χ4n) is 3.88. The Balaban J connectivity index is 0. The zero-order chi connectivity index (χ0) is 38.5. The zero-order valence-electron chi connectivity index (χ0n) is 30.6. The average Bonchev–Trinajstić information content (AvgIpc) is 3.19. The summed E-state index contributed by atoms with van der Waals surface area (Å²) in [5.41, 5.74) is 3.67. The molecule has 0 saturated heterocycles. The predicted octanol–water partition coefficient (Wildman–Crippen LogP) is 8.31. The molecule has 4 aromatic carbocycles. The molecule has 0 spiro atoms. The Hall–Kier alpha value is -5.28. The van der Waals surface area contributed by atoms with E-state index < -0.39 is 23.8 Å². The van der Waals surface area contributed by atoms with Gasteiger partial charge in [0.25, 0.3) is 0 Å². The van der Waals surface area contributed by atoms with E-state index in [9.17, 15) is 19.2 Å². The molecule has 0 heterocycles. The number of rotatable bonds is 8. The molecule has 0 bridgehead atoms. The summed E-state index contributed by atoms with van der Waals surface area (Å²) in [6.45, 7) is 11.0. The molecular formula is C41H54O9. The molecule has 0 fully saturated rings. The minimum Gasteiger partial charge on any atom is -0.481 e. The van der Waals surface area contributed by atoms with Crippen LogP contribution in [-0.2, 0) is 28.7 Å². The fraction of sp³-hybridized carbons (Fsp3) is 0.317.